The minimum absolute atomic E-state index is 0.136. The van der Waals surface area contributed by atoms with Crippen LogP contribution >= 0.6 is 11.3 Å². The maximum Gasteiger partial charge on any atom is 0.287 e. The molecule has 8 heteroatoms. The number of nitrogens with two attached hydrogens (primary N) is 1. The van der Waals surface area contributed by atoms with E-state index in [0.29, 0.717) is 10.6 Å². The molecular formula is C18H21N3O4S. The molecule has 2 aromatic heterocycles. The van der Waals surface area contributed by atoms with Crippen LogP contribution in [0.15, 0.2) is 22.8 Å². The van der Waals surface area contributed by atoms with Gasteiger partial charge in [0.25, 0.3) is 11.8 Å². The molecule has 2 heterocycles. The van der Waals surface area contributed by atoms with Crippen molar-refractivity contribution in [2.45, 2.75) is 39.2 Å². The molecule has 3 amide bonds. The summed E-state index contributed by atoms with van der Waals surface area (Å²) in [6, 6.07) is 2.36. The predicted octanol–water partition coefficient (Wildman–Crippen LogP) is 2.32. The first-order chi connectivity index (χ1) is 12.4. The first kappa shape index (κ1) is 18.2. The van der Waals surface area contributed by atoms with Crippen molar-refractivity contribution in [3.63, 3.8) is 0 Å². The minimum atomic E-state index is -0.773. The van der Waals surface area contributed by atoms with E-state index in [2.05, 4.69) is 10.6 Å². The summed E-state index contributed by atoms with van der Waals surface area (Å²) < 4.78 is 5.06. The number of fused-ring (bicyclic) bond motifs is 1. The molecule has 0 fully saturated rings. The summed E-state index contributed by atoms with van der Waals surface area (Å²) in [6.07, 6.45) is 4.07. The third-order valence-electron chi connectivity index (χ3n) is 4.39. The van der Waals surface area contributed by atoms with E-state index >= 15 is 0 Å². The SMILES string of the molecule is CC(C)C(NC(=O)c1ccco1)C(=O)Nc1sc2c(c1C(N)=O)CCC2. The fourth-order valence-corrected chi connectivity index (χ4v) is 4.40. The Kier molecular flexibility index (Phi) is 5.13. The second kappa shape index (κ2) is 7.33. The molecule has 1 unspecified atom stereocenters. The van der Waals surface area contributed by atoms with Gasteiger partial charge in [-0.15, -0.1) is 11.3 Å². The lowest BCUT2D eigenvalue weighted by Crippen LogP contribution is -2.47. The maximum absolute atomic E-state index is 12.8. The molecule has 0 aliphatic heterocycles. The highest BCUT2D eigenvalue weighted by molar-refractivity contribution is 7.17. The van der Waals surface area contributed by atoms with Gasteiger partial charge in [0.1, 0.15) is 11.0 Å². The van der Waals surface area contributed by atoms with Crippen molar-refractivity contribution in [3.05, 3.63) is 40.2 Å². The lowest BCUT2D eigenvalue weighted by Gasteiger charge is -2.21. The lowest BCUT2D eigenvalue weighted by molar-refractivity contribution is -0.118. The predicted molar refractivity (Wildman–Crippen MR) is 98.3 cm³/mol. The van der Waals surface area contributed by atoms with Crippen LogP contribution in [-0.2, 0) is 17.6 Å². The van der Waals surface area contributed by atoms with E-state index in [0.717, 1.165) is 29.7 Å². The van der Waals surface area contributed by atoms with Gasteiger partial charge < -0.3 is 20.8 Å². The van der Waals surface area contributed by atoms with Crippen molar-refractivity contribution in [1.82, 2.24) is 5.32 Å². The molecule has 0 saturated carbocycles. The van der Waals surface area contributed by atoms with Crippen LogP contribution in [0.1, 0.15) is 51.6 Å². The van der Waals surface area contributed by atoms with Crippen LogP contribution in [0.4, 0.5) is 5.00 Å². The summed E-state index contributed by atoms with van der Waals surface area (Å²) in [4.78, 5) is 37.9. The Bertz CT molecular complexity index is 839. The third kappa shape index (κ3) is 3.50. The Labute approximate surface area is 154 Å². The molecule has 3 rings (SSSR count). The summed E-state index contributed by atoms with van der Waals surface area (Å²) in [6.45, 7) is 3.66. The van der Waals surface area contributed by atoms with Crippen molar-refractivity contribution in [2.24, 2.45) is 11.7 Å². The van der Waals surface area contributed by atoms with Gasteiger partial charge in [-0.3, -0.25) is 14.4 Å². The zero-order valence-electron chi connectivity index (χ0n) is 14.6. The zero-order chi connectivity index (χ0) is 18.8. The van der Waals surface area contributed by atoms with E-state index in [1.807, 2.05) is 13.8 Å². The van der Waals surface area contributed by atoms with Gasteiger partial charge in [-0.05, 0) is 42.9 Å². The quantitative estimate of drug-likeness (QED) is 0.719. The van der Waals surface area contributed by atoms with Gasteiger partial charge in [0.05, 0.1) is 11.8 Å². The number of anilines is 1. The lowest BCUT2D eigenvalue weighted by atomic mass is 10.0. The van der Waals surface area contributed by atoms with Gasteiger partial charge in [-0.1, -0.05) is 13.8 Å². The van der Waals surface area contributed by atoms with E-state index in [-0.39, 0.29) is 17.6 Å². The van der Waals surface area contributed by atoms with Crippen LogP contribution in [0.5, 0.6) is 0 Å². The summed E-state index contributed by atoms with van der Waals surface area (Å²) in [5.74, 6) is -1.41. The number of hydrogen-bond acceptors (Lipinski definition) is 5. The normalized spacial score (nSPS) is 14.1. The zero-order valence-corrected chi connectivity index (χ0v) is 15.4. The molecule has 26 heavy (non-hydrogen) atoms. The van der Waals surface area contributed by atoms with Crippen molar-refractivity contribution in [2.75, 3.05) is 5.32 Å². The summed E-state index contributed by atoms with van der Waals surface area (Å²) >= 11 is 1.39. The maximum atomic E-state index is 12.8. The highest BCUT2D eigenvalue weighted by Crippen LogP contribution is 2.38. The summed E-state index contributed by atoms with van der Waals surface area (Å²) in [7, 11) is 0. The molecule has 0 spiro atoms. The molecule has 1 aliphatic carbocycles. The average Bonchev–Trinajstić information content (AvgIpc) is 3.27. The molecule has 1 aliphatic rings. The fraction of sp³-hybridized carbons (Fsp3) is 0.389. The molecule has 0 saturated heterocycles. The number of aryl methyl sites for hydroxylation is 1. The number of hydrogen-bond donors (Lipinski definition) is 3. The van der Waals surface area contributed by atoms with Crippen LogP contribution in [0, 0.1) is 5.92 Å². The first-order valence-electron chi connectivity index (χ1n) is 8.48. The van der Waals surface area contributed by atoms with Crippen LogP contribution in [0.2, 0.25) is 0 Å². The molecule has 0 bridgehead atoms. The van der Waals surface area contributed by atoms with Gasteiger partial charge >= 0.3 is 0 Å². The van der Waals surface area contributed by atoms with Gasteiger partial charge in [0.2, 0.25) is 5.91 Å². The number of furan rings is 1. The molecular weight excluding hydrogens is 354 g/mol. The van der Waals surface area contributed by atoms with Crippen LogP contribution in [-0.4, -0.2) is 23.8 Å². The van der Waals surface area contributed by atoms with Crippen molar-refractivity contribution < 1.29 is 18.8 Å². The second-order valence-corrected chi connectivity index (χ2v) is 7.69. The Morgan fingerprint density at radius 1 is 1.27 bits per heavy atom. The minimum Gasteiger partial charge on any atom is -0.459 e. The average molecular weight is 375 g/mol. The Morgan fingerprint density at radius 2 is 2.04 bits per heavy atom. The highest BCUT2D eigenvalue weighted by Gasteiger charge is 2.30. The first-order valence-corrected chi connectivity index (χ1v) is 9.29. The summed E-state index contributed by atoms with van der Waals surface area (Å²) in [5, 5.41) is 5.93. The number of thiophene rings is 1. The molecule has 0 aromatic carbocycles. The monoisotopic (exact) mass is 375 g/mol. The number of nitrogens with one attached hydrogen (secondary N) is 2. The summed E-state index contributed by atoms with van der Waals surface area (Å²) in [5.41, 5.74) is 6.86. The largest absolute Gasteiger partial charge is 0.459 e. The number of carbonyl (C=O) groups excluding carboxylic acids is 3. The van der Waals surface area contributed by atoms with E-state index < -0.39 is 17.9 Å². The molecule has 1 atom stereocenters. The second-order valence-electron chi connectivity index (χ2n) is 6.59. The number of primary amides is 1. The van der Waals surface area contributed by atoms with Gasteiger partial charge in [0, 0.05) is 4.88 Å². The molecule has 0 radical (unpaired) electrons. The van der Waals surface area contributed by atoms with E-state index in [1.165, 1.54) is 23.7 Å². The number of amides is 3. The Morgan fingerprint density at radius 3 is 2.65 bits per heavy atom. The molecule has 4 N–H and O–H groups in total. The van der Waals surface area contributed by atoms with E-state index in [9.17, 15) is 14.4 Å². The Hall–Kier alpha value is -2.61. The number of rotatable bonds is 6. The van der Waals surface area contributed by atoms with Gasteiger partial charge in [-0.25, -0.2) is 0 Å². The smallest absolute Gasteiger partial charge is 0.287 e. The Balaban J connectivity index is 1.79. The van der Waals surface area contributed by atoms with Crippen LogP contribution in [0.25, 0.3) is 0 Å². The van der Waals surface area contributed by atoms with Gasteiger partial charge in [0.15, 0.2) is 5.76 Å². The highest BCUT2D eigenvalue weighted by atomic mass is 32.1. The molecule has 2 aromatic rings. The van der Waals surface area contributed by atoms with E-state index in [4.69, 9.17) is 10.2 Å². The van der Waals surface area contributed by atoms with E-state index in [1.54, 1.807) is 6.07 Å². The topological polar surface area (TPSA) is 114 Å². The van der Waals surface area contributed by atoms with Gasteiger partial charge in [-0.2, -0.15) is 0 Å². The van der Waals surface area contributed by atoms with Crippen molar-refractivity contribution in [3.8, 4) is 0 Å². The fourth-order valence-electron chi connectivity index (χ4n) is 3.10. The van der Waals surface area contributed by atoms with Crippen molar-refractivity contribution in [1.29, 1.82) is 0 Å². The third-order valence-corrected chi connectivity index (χ3v) is 5.59. The standard InChI is InChI=1S/C18H21N3O4S/c1-9(2)14(20-16(23)11-6-4-8-25-11)17(24)21-18-13(15(19)22)10-5-3-7-12(10)26-18/h4,6,8-9,14H,3,5,7H2,1-2H3,(H2,19,22)(H,20,23)(H,21,24). The molecule has 138 valence electrons. The van der Waals surface area contributed by atoms with Crippen molar-refractivity contribution >= 4 is 34.1 Å². The van der Waals surface area contributed by atoms with Crippen LogP contribution < -0.4 is 16.4 Å². The number of carbonyl (C=O) groups is 3. The molecule has 7 nitrogen and oxygen atoms in total. The van der Waals surface area contributed by atoms with Crippen LogP contribution in [0.3, 0.4) is 0 Å².